The number of aliphatic hydroxyl groups excluding tert-OH is 1. The van der Waals surface area contributed by atoms with Gasteiger partial charge in [-0.15, -0.1) is 0 Å². The fourth-order valence-electron chi connectivity index (χ4n) is 6.28. The van der Waals surface area contributed by atoms with Gasteiger partial charge in [0.1, 0.15) is 5.78 Å². The molecule has 0 aromatic rings. The molecule has 0 spiro atoms. The number of hydrogen-bond acceptors (Lipinski definition) is 2. The summed E-state index contributed by atoms with van der Waals surface area (Å²) in [6.07, 6.45) is 7.04. The Morgan fingerprint density at radius 2 is 1.70 bits per heavy atom. The van der Waals surface area contributed by atoms with Gasteiger partial charge in [-0.3, -0.25) is 4.79 Å². The molecule has 3 saturated carbocycles. The van der Waals surface area contributed by atoms with Gasteiger partial charge in [0.05, 0.1) is 6.10 Å². The Bertz CT molecular complexity index is 427. The second-order valence-electron chi connectivity index (χ2n) is 8.76. The molecule has 0 aliphatic heterocycles. The molecule has 0 saturated heterocycles. The van der Waals surface area contributed by atoms with Crippen LogP contribution in [0.3, 0.4) is 0 Å². The van der Waals surface area contributed by atoms with Crippen LogP contribution >= 0.6 is 0 Å². The molecule has 114 valence electrons. The smallest absolute Gasteiger partial charge is 0.139 e. The first-order chi connectivity index (χ1) is 9.23. The molecule has 3 aliphatic carbocycles. The van der Waals surface area contributed by atoms with Crippen molar-refractivity contribution in [3.63, 3.8) is 0 Å². The third-order valence-corrected chi connectivity index (χ3v) is 7.56. The third-order valence-electron chi connectivity index (χ3n) is 7.56. The predicted molar refractivity (Wildman–Crippen MR) is 80.3 cm³/mol. The summed E-state index contributed by atoms with van der Waals surface area (Å²) in [6.45, 7) is 9.14. The van der Waals surface area contributed by atoms with Gasteiger partial charge in [0.15, 0.2) is 0 Å². The van der Waals surface area contributed by atoms with Crippen molar-refractivity contribution >= 4 is 5.78 Å². The Balaban J connectivity index is 2.01. The first-order valence-electron chi connectivity index (χ1n) is 8.44. The average Bonchev–Trinajstić information content (AvgIpc) is 2.37. The standard InChI is InChI=1S/C18H30O2/c1-16(2)12-8-10-18(4)13(6-5-7-15(18)20)17(12,3)11-9-14(16)19/h12-14,19H,5-11H2,1-4H3/t12-,13+,14-,17-,18+/m0/s1. The second-order valence-corrected chi connectivity index (χ2v) is 8.76. The SMILES string of the molecule is CC1(C)[C@@H](O)CC[C@]2(C)[C@H]3CCCC(=O)[C@]3(C)CC[C@@H]12. The van der Waals surface area contributed by atoms with E-state index in [0.29, 0.717) is 17.6 Å². The molecular formula is C18H30O2. The largest absolute Gasteiger partial charge is 0.393 e. The highest BCUT2D eigenvalue weighted by molar-refractivity contribution is 5.85. The Hall–Kier alpha value is -0.370. The number of rotatable bonds is 0. The molecule has 1 N–H and O–H groups in total. The first kappa shape index (κ1) is 14.6. The van der Waals surface area contributed by atoms with Crippen LogP contribution in [0.15, 0.2) is 0 Å². The Labute approximate surface area is 123 Å². The molecule has 3 aliphatic rings. The van der Waals surface area contributed by atoms with Gasteiger partial charge in [-0.25, -0.2) is 0 Å². The summed E-state index contributed by atoms with van der Waals surface area (Å²) in [7, 11) is 0. The van der Waals surface area contributed by atoms with Crippen molar-refractivity contribution in [1.82, 2.24) is 0 Å². The minimum Gasteiger partial charge on any atom is -0.393 e. The molecule has 0 unspecified atom stereocenters. The summed E-state index contributed by atoms with van der Waals surface area (Å²) in [5.41, 5.74) is 0.155. The lowest BCUT2D eigenvalue weighted by Gasteiger charge is -2.64. The zero-order valence-electron chi connectivity index (χ0n) is 13.5. The average molecular weight is 278 g/mol. The zero-order valence-corrected chi connectivity index (χ0v) is 13.5. The van der Waals surface area contributed by atoms with Crippen molar-refractivity contribution < 1.29 is 9.90 Å². The number of hydrogen-bond donors (Lipinski definition) is 1. The summed E-state index contributed by atoms with van der Waals surface area (Å²) in [4.78, 5) is 12.5. The maximum atomic E-state index is 12.5. The first-order valence-corrected chi connectivity index (χ1v) is 8.44. The van der Waals surface area contributed by atoms with E-state index in [0.717, 1.165) is 38.5 Å². The van der Waals surface area contributed by atoms with Crippen LogP contribution < -0.4 is 0 Å². The maximum Gasteiger partial charge on any atom is 0.139 e. The number of Topliss-reactive ketones (excluding diaryl/α,β-unsaturated/α-hetero) is 1. The Morgan fingerprint density at radius 1 is 1.00 bits per heavy atom. The van der Waals surface area contributed by atoms with E-state index in [9.17, 15) is 9.90 Å². The summed E-state index contributed by atoms with van der Waals surface area (Å²) < 4.78 is 0. The Kier molecular flexibility index (Phi) is 3.14. The van der Waals surface area contributed by atoms with E-state index in [1.807, 2.05) is 0 Å². The molecule has 0 heterocycles. The molecule has 5 atom stereocenters. The second kappa shape index (κ2) is 4.32. The number of aliphatic hydroxyl groups is 1. The van der Waals surface area contributed by atoms with E-state index >= 15 is 0 Å². The molecule has 3 fully saturated rings. The predicted octanol–water partition coefficient (Wildman–Crippen LogP) is 3.96. The van der Waals surface area contributed by atoms with Crippen LogP contribution in [0.2, 0.25) is 0 Å². The zero-order chi connectivity index (χ0) is 14.8. The quantitative estimate of drug-likeness (QED) is 0.728. The van der Waals surface area contributed by atoms with Gasteiger partial charge in [0.25, 0.3) is 0 Å². The van der Waals surface area contributed by atoms with Crippen LogP contribution in [0.25, 0.3) is 0 Å². The van der Waals surface area contributed by atoms with E-state index in [-0.39, 0.29) is 22.3 Å². The lowest BCUT2D eigenvalue weighted by molar-refractivity contribution is -0.184. The number of carbonyl (C=O) groups is 1. The van der Waals surface area contributed by atoms with Crippen molar-refractivity contribution in [2.24, 2.45) is 28.1 Å². The fraction of sp³-hybridized carbons (Fsp3) is 0.944. The third kappa shape index (κ3) is 1.70. The van der Waals surface area contributed by atoms with E-state index in [4.69, 9.17) is 0 Å². The highest BCUT2D eigenvalue weighted by Gasteiger charge is 2.62. The molecule has 0 amide bonds. The number of fused-ring (bicyclic) bond motifs is 3. The van der Waals surface area contributed by atoms with Gasteiger partial charge in [-0.1, -0.05) is 27.7 Å². The lowest BCUT2D eigenvalue weighted by atomic mass is 9.40. The van der Waals surface area contributed by atoms with Crippen LogP contribution in [0.4, 0.5) is 0 Å². The van der Waals surface area contributed by atoms with Crippen molar-refractivity contribution in [2.45, 2.75) is 78.7 Å². The van der Waals surface area contributed by atoms with Crippen molar-refractivity contribution in [3.8, 4) is 0 Å². The summed E-state index contributed by atoms with van der Waals surface area (Å²) in [6, 6.07) is 0. The van der Waals surface area contributed by atoms with Gasteiger partial charge in [0.2, 0.25) is 0 Å². The summed E-state index contributed by atoms with van der Waals surface area (Å²) in [5, 5.41) is 10.4. The highest BCUT2D eigenvalue weighted by Crippen LogP contribution is 2.66. The van der Waals surface area contributed by atoms with Crippen molar-refractivity contribution in [3.05, 3.63) is 0 Å². The van der Waals surface area contributed by atoms with Gasteiger partial charge in [-0.05, 0) is 61.2 Å². The minimum atomic E-state index is -0.177. The topological polar surface area (TPSA) is 37.3 Å². The molecule has 0 radical (unpaired) electrons. The van der Waals surface area contributed by atoms with Gasteiger partial charge >= 0.3 is 0 Å². The minimum absolute atomic E-state index is 0.00513. The molecule has 0 aromatic carbocycles. The fourth-order valence-corrected chi connectivity index (χ4v) is 6.28. The summed E-state index contributed by atoms with van der Waals surface area (Å²) >= 11 is 0. The monoisotopic (exact) mass is 278 g/mol. The Morgan fingerprint density at radius 3 is 2.40 bits per heavy atom. The molecular weight excluding hydrogens is 248 g/mol. The molecule has 3 rings (SSSR count). The van der Waals surface area contributed by atoms with Crippen molar-refractivity contribution in [2.75, 3.05) is 0 Å². The van der Waals surface area contributed by atoms with Gasteiger partial charge < -0.3 is 5.11 Å². The molecule has 20 heavy (non-hydrogen) atoms. The molecule has 0 aromatic heterocycles. The van der Waals surface area contributed by atoms with Gasteiger partial charge in [0, 0.05) is 11.8 Å². The van der Waals surface area contributed by atoms with Crippen LogP contribution in [0.1, 0.15) is 72.6 Å². The van der Waals surface area contributed by atoms with E-state index in [1.165, 1.54) is 6.42 Å². The summed E-state index contributed by atoms with van der Waals surface area (Å²) in [5.74, 6) is 1.60. The number of carbonyl (C=O) groups excluding carboxylic acids is 1. The van der Waals surface area contributed by atoms with E-state index < -0.39 is 0 Å². The molecule has 2 nitrogen and oxygen atoms in total. The molecule has 0 bridgehead atoms. The van der Waals surface area contributed by atoms with Gasteiger partial charge in [-0.2, -0.15) is 0 Å². The van der Waals surface area contributed by atoms with Crippen LogP contribution in [-0.2, 0) is 4.79 Å². The molecule has 2 heteroatoms. The van der Waals surface area contributed by atoms with E-state index in [2.05, 4.69) is 27.7 Å². The number of ketones is 1. The van der Waals surface area contributed by atoms with Crippen molar-refractivity contribution in [1.29, 1.82) is 0 Å². The maximum absolute atomic E-state index is 12.5. The normalized spacial score (nSPS) is 51.2. The van der Waals surface area contributed by atoms with Crippen LogP contribution in [0.5, 0.6) is 0 Å². The van der Waals surface area contributed by atoms with E-state index in [1.54, 1.807) is 0 Å². The van der Waals surface area contributed by atoms with Crippen LogP contribution in [-0.4, -0.2) is 17.0 Å². The van der Waals surface area contributed by atoms with Crippen LogP contribution in [0, 0.1) is 28.1 Å². The highest BCUT2D eigenvalue weighted by atomic mass is 16.3. The lowest BCUT2D eigenvalue weighted by Crippen LogP contribution is -2.60.